The van der Waals surface area contributed by atoms with Crippen molar-refractivity contribution in [3.63, 3.8) is 0 Å². The van der Waals surface area contributed by atoms with E-state index in [1.54, 1.807) is 25.9 Å². The Balaban J connectivity index is 2.24. The second kappa shape index (κ2) is 5.20. The van der Waals surface area contributed by atoms with Gasteiger partial charge in [0.05, 0.1) is 19.5 Å². The summed E-state index contributed by atoms with van der Waals surface area (Å²) in [5.41, 5.74) is 1.20. The van der Waals surface area contributed by atoms with E-state index in [0.29, 0.717) is 0 Å². The zero-order chi connectivity index (χ0) is 13.3. The zero-order valence-corrected chi connectivity index (χ0v) is 11.8. The number of hydrogen-bond donors (Lipinski definition) is 0. The van der Waals surface area contributed by atoms with E-state index < -0.39 is 0 Å². The van der Waals surface area contributed by atoms with Crippen molar-refractivity contribution in [3.8, 4) is 5.75 Å². The lowest BCUT2D eigenvalue weighted by molar-refractivity contribution is -0.168. The Morgan fingerprint density at radius 2 is 2.11 bits per heavy atom. The van der Waals surface area contributed by atoms with Gasteiger partial charge >= 0.3 is 0 Å². The lowest BCUT2D eigenvalue weighted by atomic mass is 9.97. The molecule has 2 rings (SSSR count). The van der Waals surface area contributed by atoms with Crippen molar-refractivity contribution in [1.82, 2.24) is 5.06 Å². The number of methoxy groups -OCH3 is 1. The maximum absolute atomic E-state index is 12.2. The number of hydroxylamine groups is 2. The summed E-state index contributed by atoms with van der Waals surface area (Å²) in [4.78, 5) is 18.2. The molecule has 1 amide bonds. The molecule has 0 aliphatic carbocycles. The first-order valence-corrected chi connectivity index (χ1v) is 6.62. The fourth-order valence-electron chi connectivity index (χ4n) is 2.06. The second-order valence-corrected chi connectivity index (χ2v) is 5.43. The fourth-order valence-corrected chi connectivity index (χ4v) is 3.50. The Morgan fingerprint density at radius 1 is 1.39 bits per heavy atom. The van der Waals surface area contributed by atoms with Crippen LogP contribution in [0.15, 0.2) is 23.1 Å². The monoisotopic (exact) mass is 267 g/mol. The summed E-state index contributed by atoms with van der Waals surface area (Å²) in [5, 5.41) is 1.16. The maximum Gasteiger partial charge on any atom is 0.259 e. The molecule has 5 heteroatoms. The van der Waals surface area contributed by atoms with Gasteiger partial charge in [0.1, 0.15) is 5.75 Å². The molecule has 0 saturated carbocycles. The summed E-state index contributed by atoms with van der Waals surface area (Å²) in [7, 11) is 4.78. The SMILES string of the molecule is COc1ccc2c(c1)SC(C(=O)N(C)OC)C2C. The minimum Gasteiger partial charge on any atom is -0.497 e. The predicted octanol–water partition coefficient (Wildman–Crippen LogP) is 2.29. The third-order valence-electron chi connectivity index (χ3n) is 3.25. The van der Waals surface area contributed by atoms with Crippen molar-refractivity contribution in [2.45, 2.75) is 23.0 Å². The van der Waals surface area contributed by atoms with E-state index in [4.69, 9.17) is 9.57 Å². The van der Waals surface area contributed by atoms with Gasteiger partial charge in [-0.2, -0.15) is 0 Å². The number of carbonyl (C=O) groups is 1. The van der Waals surface area contributed by atoms with Gasteiger partial charge in [-0.15, -0.1) is 11.8 Å². The highest BCUT2D eigenvalue weighted by molar-refractivity contribution is 8.01. The average molecular weight is 267 g/mol. The van der Waals surface area contributed by atoms with Crippen LogP contribution in [0.5, 0.6) is 5.75 Å². The van der Waals surface area contributed by atoms with Gasteiger partial charge in [0.2, 0.25) is 0 Å². The molecule has 0 fully saturated rings. The van der Waals surface area contributed by atoms with Crippen LogP contribution in [-0.4, -0.2) is 37.5 Å². The highest BCUT2D eigenvalue weighted by Crippen LogP contribution is 2.47. The molecular weight excluding hydrogens is 250 g/mol. The van der Waals surface area contributed by atoms with Crippen LogP contribution in [0.4, 0.5) is 0 Å². The Morgan fingerprint density at radius 3 is 2.72 bits per heavy atom. The summed E-state index contributed by atoms with van der Waals surface area (Å²) in [6.45, 7) is 2.07. The van der Waals surface area contributed by atoms with Crippen LogP contribution >= 0.6 is 11.8 Å². The molecule has 2 unspecified atom stereocenters. The van der Waals surface area contributed by atoms with E-state index in [1.165, 1.54) is 17.7 Å². The van der Waals surface area contributed by atoms with E-state index in [1.807, 2.05) is 18.2 Å². The molecule has 0 aromatic heterocycles. The van der Waals surface area contributed by atoms with Gasteiger partial charge < -0.3 is 4.74 Å². The van der Waals surface area contributed by atoms with Crippen molar-refractivity contribution < 1.29 is 14.4 Å². The van der Waals surface area contributed by atoms with Crippen molar-refractivity contribution in [3.05, 3.63) is 23.8 Å². The third-order valence-corrected chi connectivity index (χ3v) is 4.72. The number of hydrogen-bond acceptors (Lipinski definition) is 4. The average Bonchev–Trinajstić information content (AvgIpc) is 2.73. The Hall–Kier alpha value is -1.20. The number of fused-ring (bicyclic) bond motifs is 1. The van der Waals surface area contributed by atoms with Gasteiger partial charge in [0.15, 0.2) is 0 Å². The molecule has 0 bridgehead atoms. The van der Waals surface area contributed by atoms with Crippen molar-refractivity contribution in [1.29, 1.82) is 0 Å². The standard InChI is InChI=1S/C13H17NO3S/c1-8-10-6-5-9(16-3)7-11(10)18-12(8)13(15)14(2)17-4/h5-8,12H,1-4H3. The lowest BCUT2D eigenvalue weighted by Crippen LogP contribution is -2.35. The smallest absolute Gasteiger partial charge is 0.259 e. The second-order valence-electron chi connectivity index (χ2n) is 4.25. The molecule has 0 N–H and O–H groups in total. The van der Waals surface area contributed by atoms with Crippen LogP contribution < -0.4 is 4.74 Å². The molecule has 2 atom stereocenters. The number of amides is 1. The molecule has 1 heterocycles. The summed E-state index contributed by atoms with van der Waals surface area (Å²) in [6.07, 6.45) is 0. The molecule has 0 spiro atoms. The highest BCUT2D eigenvalue weighted by Gasteiger charge is 2.37. The summed E-state index contributed by atoms with van der Waals surface area (Å²) < 4.78 is 5.21. The van der Waals surface area contributed by atoms with Gasteiger partial charge in [0, 0.05) is 17.9 Å². The van der Waals surface area contributed by atoms with Crippen LogP contribution in [-0.2, 0) is 9.63 Å². The lowest BCUT2D eigenvalue weighted by Gasteiger charge is -2.20. The third kappa shape index (κ3) is 2.20. The number of rotatable bonds is 3. The Kier molecular flexibility index (Phi) is 3.82. The van der Waals surface area contributed by atoms with Crippen molar-refractivity contribution >= 4 is 17.7 Å². The molecule has 98 valence electrons. The van der Waals surface area contributed by atoms with Crippen molar-refractivity contribution in [2.75, 3.05) is 21.3 Å². The van der Waals surface area contributed by atoms with E-state index >= 15 is 0 Å². The van der Waals surface area contributed by atoms with E-state index in [9.17, 15) is 4.79 Å². The number of carbonyl (C=O) groups excluding carboxylic acids is 1. The zero-order valence-electron chi connectivity index (χ0n) is 11.0. The fraction of sp³-hybridized carbons (Fsp3) is 0.462. The molecule has 1 aromatic carbocycles. The van der Waals surface area contributed by atoms with Gasteiger partial charge in [-0.25, -0.2) is 5.06 Å². The molecule has 18 heavy (non-hydrogen) atoms. The molecule has 1 aromatic rings. The Labute approximate surface area is 111 Å². The maximum atomic E-state index is 12.2. The van der Waals surface area contributed by atoms with Gasteiger partial charge in [-0.3, -0.25) is 9.63 Å². The summed E-state index contributed by atoms with van der Waals surface area (Å²) in [5.74, 6) is 0.993. The molecule has 1 aliphatic heterocycles. The minimum absolute atomic E-state index is 0.00910. The highest BCUT2D eigenvalue weighted by atomic mass is 32.2. The van der Waals surface area contributed by atoms with E-state index in [2.05, 4.69) is 6.92 Å². The number of benzene rings is 1. The minimum atomic E-state index is -0.128. The first-order valence-electron chi connectivity index (χ1n) is 5.74. The Bertz CT molecular complexity index is 464. The van der Waals surface area contributed by atoms with Crippen LogP contribution in [0.2, 0.25) is 0 Å². The predicted molar refractivity (Wildman–Crippen MR) is 70.8 cm³/mol. The molecular formula is C13H17NO3S. The van der Waals surface area contributed by atoms with Crippen LogP contribution in [0.25, 0.3) is 0 Å². The van der Waals surface area contributed by atoms with Gasteiger partial charge in [-0.05, 0) is 17.7 Å². The largest absolute Gasteiger partial charge is 0.497 e. The number of thioether (sulfide) groups is 1. The van der Waals surface area contributed by atoms with E-state index in [-0.39, 0.29) is 17.1 Å². The summed E-state index contributed by atoms with van der Waals surface area (Å²) in [6, 6.07) is 5.95. The molecule has 0 radical (unpaired) electrons. The normalized spacial score (nSPS) is 21.6. The van der Waals surface area contributed by atoms with E-state index in [0.717, 1.165) is 10.6 Å². The van der Waals surface area contributed by atoms with Crippen LogP contribution in [0.1, 0.15) is 18.4 Å². The summed E-state index contributed by atoms with van der Waals surface area (Å²) >= 11 is 1.57. The number of ether oxygens (including phenoxy) is 1. The van der Waals surface area contributed by atoms with Gasteiger partial charge in [0.25, 0.3) is 5.91 Å². The number of nitrogens with zero attached hydrogens (tertiary/aromatic N) is 1. The molecule has 4 nitrogen and oxygen atoms in total. The molecule has 0 saturated heterocycles. The van der Waals surface area contributed by atoms with Gasteiger partial charge in [-0.1, -0.05) is 13.0 Å². The molecule has 1 aliphatic rings. The topological polar surface area (TPSA) is 38.8 Å². The first-order chi connectivity index (χ1) is 8.58. The van der Waals surface area contributed by atoms with Crippen LogP contribution in [0, 0.1) is 0 Å². The first kappa shape index (κ1) is 13.2. The quantitative estimate of drug-likeness (QED) is 0.788. The van der Waals surface area contributed by atoms with Crippen LogP contribution in [0.3, 0.4) is 0 Å². The van der Waals surface area contributed by atoms with Crippen molar-refractivity contribution in [2.24, 2.45) is 0 Å².